The first-order valence-corrected chi connectivity index (χ1v) is 8.80. The molecule has 7 nitrogen and oxygen atoms in total. The molecular formula is C20H22FNO6. The summed E-state index contributed by atoms with van der Waals surface area (Å²) in [6, 6.07) is 13.8. The number of amides is 1. The van der Waals surface area contributed by atoms with E-state index >= 15 is 0 Å². The minimum atomic E-state index is -1.97. The molecule has 1 aliphatic heterocycles. The number of carbonyl (C=O) groups is 1. The second-order valence-electron chi connectivity index (χ2n) is 6.45. The standard InChI is InChI=1S/C20H22FNO6/c1-22-19(26)13-4-2-3-12(9-13)11-5-7-14(8-6-11)27-20-16(21)18(25)17(24)15(10-23)28-20/h2-9,15-18,20,23-25H,10H2,1H3,(H,22,26). The summed E-state index contributed by atoms with van der Waals surface area (Å²) >= 11 is 0. The number of halogens is 1. The number of carbonyl (C=O) groups excluding carboxylic acids is 1. The lowest BCUT2D eigenvalue weighted by Crippen LogP contribution is -2.58. The number of aliphatic hydroxyl groups excluding tert-OH is 3. The van der Waals surface area contributed by atoms with E-state index < -0.39 is 37.4 Å². The molecule has 1 aliphatic rings. The number of hydrogen-bond acceptors (Lipinski definition) is 6. The summed E-state index contributed by atoms with van der Waals surface area (Å²) in [6.07, 6.45) is -7.82. The molecule has 0 saturated carbocycles. The van der Waals surface area contributed by atoms with Crippen molar-refractivity contribution in [1.29, 1.82) is 0 Å². The van der Waals surface area contributed by atoms with Gasteiger partial charge in [0.25, 0.3) is 5.91 Å². The molecule has 8 heteroatoms. The van der Waals surface area contributed by atoms with Gasteiger partial charge in [-0.15, -0.1) is 0 Å². The number of ether oxygens (including phenoxy) is 2. The van der Waals surface area contributed by atoms with Crippen molar-refractivity contribution < 1.29 is 34.0 Å². The highest BCUT2D eigenvalue weighted by atomic mass is 19.1. The second kappa shape index (κ2) is 8.66. The molecule has 150 valence electrons. The molecule has 4 N–H and O–H groups in total. The average molecular weight is 391 g/mol. The molecule has 0 spiro atoms. The number of nitrogens with one attached hydrogen (secondary N) is 1. The largest absolute Gasteiger partial charge is 0.462 e. The lowest BCUT2D eigenvalue weighted by molar-refractivity contribution is -0.261. The third-order valence-corrected chi connectivity index (χ3v) is 4.60. The van der Waals surface area contributed by atoms with Crippen LogP contribution in [0.2, 0.25) is 0 Å². The molecule has 0 bridgehead atoms. The van der Waals surface area contributed by atoms with Gasteiger partial charge in [0.2, 0.25) is 6.29 Å². The summed E-state index contributed by atoms with van der Waals surface area (Å²) < 4.78 is 24.9. The summed E-state index contributed by atoms with van der Waals surface area (Å²) in [6.45, 7) is -0.578. The first kappa shape index (κ1) is 20.2. The third-order valence-electron chi connectivity index (χ3n) is 4.60. The van der Waals surface area contributed by atoms with E-state index in [-0.39, 0.29) is 5.91 Å². The van der Waals surface area contributed by atoms with Crippen molar-refractivity contribution in [2.75, 3.05) is 13.7 Å². The highest BCUT2D eigenvalue weighted by molar-refractivity contribution is 5.95. The molecular weight excluding hydrogens is 369 g/mol. The number of benzene rings is 2. The summed E-state index contributed by atoms with van der Waals surface area (Å²) in [4.78, 5) is 11.8. The Labute approximate surface area is 161 Å². The number of aliphatic hydroxyl groups is 3. The van der Waals surface area contributed by atoms with Gasteiger partial charge in [-0.1, -0.05) is 24.3 Å². The SMILES string of the molecule is CNC(=O)c1cccc(-c2ccc(OC3OC(CO)C(O)C(O)C3F)cc2)c1. The first-order valence-electron chi connectivity index (χ1n) is 8.80. The van der Waals surface area contributed by atoms with Crippen molar-refractivity contribution in [2.45, 2.75) is 30.8 Å². The van der Waals surface area contributed by atoms with Crippen LogP contribution in [0.5, 0.6) is 5.75 Å². The van der Waals surface area contributed by atoms with E-state index in [0.29, 0.717) is 11.3 Å². The maximum Gasteiger partial charge on any atom is 0.251 e. The van der Waals surface area contributed by atoms with Crippen LogP contribution in [0.1, 0.15) is 10.4 Å². The third kappa shape index (κ3) is 4.15. The predicted octanol–water partition coefficient (Wildman–Crippen LogP) is 0.869. The van der Waals surface area contributed by atoms with Gasteiger partial charge >= 0.3 is 0 Å². The highest BCUT2D eigenvalue weighted by Gasteiger charge is 2.46. The fourth-order valence-corrected chi connectivity index (χ4v) is 2.99. The molecule has 0 aromatic heterocycles. The fraction of sp³-hybridized carbons (Fsp3) is 0.350. The summed E-state index contributed by atoms with van der Waals surface area (Å²) in [7, 11) is 1.56. The summed E-state index contributed by atoms with van der Waals surface area (Å²) in [5.41, 5.74) is 2.17. The van der Waals surface area contributed by atoms with Crippen LogP contribution in [0.4, 0.5) is 4.39 Å². The van der Waals surface area contributed by atoms with Crippen molar-refractivity contribution in [1.82, 2.24) is 5.32 Å². The Morgan fingerprint density at radius 1 is 1.14 bits per heavy atom. The Morgan fingerprint density at radius 3 is 2.50 bits per heavy atom. The van der Waals surface area contributed by atoms with Crippen LogP contribution < -0.4 is 10.1 Å². The van der Waals surface area contributed by atoms with Crippen molar-refractivity contribution in [3.8, 4) is 16.9 Å². The Morgan fingerprint density at radius 2 is 1.86 bits per heavy atom. The minimum absolute atomic E-state index is 0.190. The Bertz CT molecular complexity index is 813. The maximum absolute atomic E-state index is 14.2. The number of hydrogen-bond donors (Lipinski definition) is 4. The van der Waals surface area contributed by atoms with E-state index in [1.165, 1.54) is 0 Å². The minimum Gasteiger partial charge on any atom is -0.462 e. The van der Waals surface area contributed by atoms with Gasteiger partial charge in [-0.2, -0.15) is 0 Å². The molecule has 1 amide bonds. The van der Waals surface area contributed by atoms with Crippen molar-refractivity contribution in [3.63, 3.8) is 0 Å². The molecule has 0 aliphatic carbocycles. The van der Waals surface area contributed by atoms with Gasteiger partial charge in [-0.05, 0) is 35.4 Å². The van der Waals surface area contributed by atoms with E-state index in [0.717, 1.165) is 11.1 Å². The van der Waals surface area contributed by atoms with E-state index in [1.54, 1.807) is 49.5 Å². The van der Waals surface area contributed by atoms with Gasteiger partial charge in [0.15, 0.2) is 6.17 Å². The topological polar surface area (TPSA) is 108 Å². The van der Waals surface area contributed by atoms with Gasteiger partial charge in [0.05, 0.1) is 6.61 Å². The van der Waals surface area contributed by atoms with E-state index in [2.05, 4.69) is 5.32 Å². The lowest BCUT2D eigenvalue weighted by Gasteiger charge is -2.38. The van der Waals surface area contributed by atoms with Crippen LogP contribution in [0.25, 0.3) is 11.1 Å². The average Bonchev–Trinajstić information content (AvgIpc) is 2.74. The van der Waals surface area contributed by atoms with Gasteiger partial charge in [0, 0.05) is 12.6 Å². The van der Waals surface area contributed by atoms with Gasteiger partial charge < -0.3 is 30.1 Å². The van der Waals surface area contributed by atoms with Crippen molar-refractivity contribution >= 4 is 5.91 Å². The quantitative estimate of drug-likeness (QED) is 0.602. The smallest absolute Gasteiger partial charge is 0.251 e. The van der Waals surface area contributed by atoms with Crippen LogP contribution >= 0.6 is 0 Å². The van der Waals surface area contributed by atoms with Crippen LogP contribution in [-0.2, 0) is 4.74 Å². The van der Waals surface area contributed by atoms with Crippen LogP contribution in [0.15, 0.2) is 48.5 Å². The van der Waals surface area contributed by atoms with Crippen LogP contribution in [0, 0.1) is 0 Å². The van der Waals surface area contributed by atoms with Crippen molar-refractivity contribution in [2.24, 2.45) is 0 Å². The Hall–Kier alpha value is -2.52. The highest BCUT2D eigenvalue weighted by Crippen LogP contribution is 2.28. The summed E-state index contributed by atoms with van der Waals surface area (Å²) in [5, 5.41) is 31.2. The Balaban J connectivity index is 1.74. The second-order valence-corrected chi connectivity index (χ2v) is 6.45. The zero-order chi connectivity index (χ0) is 20.3. The molecule has 1 heterocycles. The van der Waals surface area contributed by atoms with E-state index in [1.807, 2.05) is 6.07 Å². The zero-order valence-corrected chi connectivity index (χ0v) is 15.2. The van der Waals surface area contributed by atoms with Crippen molar-refractivity contribution in [3.05, 3.63) is 54.1 Å². The number of rotatable bonds is 5. The van der Waals surface area contributed by atoms with Gasteiger partial charge in [-0.3, -0.25) is 4.79 Å². The van der Waals surface area contributed by atoms with E-state index in [4.69, 9.17) is 9.47 Å². The fourth-order valence-electron chi connectivity index (χ4n) is 2.99. The molecule has 2 aromatic rings. The molecule has 5 atom stereocenters. The normalized spacial score (nSPS) is 27.2. The molecule has 1 saturated heterocycles. The predicted molar refractivity (Wildman–Crippen MR) is 98.6 cm³/mol. The van der Waals surface area contributed by atoms with Gasteiger partial charge in [-0.25, -0.2) is 4.39 Å². The molecule has 5 unspecified atom stereocenters. The number of alkyl halides is 1. The molecule has 1 fully saturated rings. The van der Waals surface area contributed by atoms with Crippen LogP contribution in [0.3, 0.4) is 0 Å². The molecule has 2 aromatic carbocycles. The maximum atomic E-state index is 14.2. The molecule has 3 rings (SSSR count). The molecule has 28 heavy (non-hydrogen) atoms. The summed E-state index contributed by atoms with van der Waals surface area (Å²) in [5.74, 6) is 0.101. The Kier molecular flexibility index (Phi) is 6.25. The zero-order valence-electron chi connectivity index (χ0n) is 15.2. The molecule has 0 radical (unpaired) electrons. The van der Waals surface area contributed by atoms with Crippen LogP contribution in [-0.4, -0.2) is 65.7 Å². The monoisotopic (exact) mass is 391 g/mol. The van der Waals surface area contributed by atoms with E-state index in [9.17, 15) is 24.5 Å². The van der Waals surface area contributed by atoms with Gasteiger partial charge in [0.1, 0.15) is 24.1 Å². The lowest BCUT2D eigenvalue weighted by atomic mass is 10.0. The first-order chi connectivity index (χ1) is 13.4.